The summed E-state index contributed by atoms with van der Waals surface area (Å²) in [6, 6.07) is 2.06. The minimum Gasteiger partial charge on any atom is -0.384 e. The molecule has 2 N–H and O–H groups in total. The lowest BCUT2D eigenvalue weighted by molar-refractivity contribution is 0.675. The zero-order valence-electron chi connectivity index (χ0n) is 9.01. The van der Waals surface area contributed by atoms with Gasteiger partial charge in [0.1, 0.15) is 0 Å². The maximum atomic E-state index is 4.10. The number of rotatable bonds is 6. The number of nitrogens with zero attached hydrogens (tertiary/aromatic N) is 1. The van der Waals surface area contributed by atoms with Crippen molar-refractivity contribution < 1.29 is 0 Å². The Morgan fingerprint density at radius 1 is 1.36 bits per heavy atom. The van der Waals surface area contributed by atoms with Gasteiger partial charge in [-0.1, -0.05) is 6.92 Å². The van der Waals surface area contributed by atoms with Crippen LogP contribution in [0.25, 0.3) is 0 Å². The molecule has 1 heterocycles. The van der Waals surface area contributed by atoms with Crippen LogP contribution >= 0.6 is 0 Å². The van der Waals surface area contributed by atoms with Gasteiger partial charge in [0.2, 0.25) is 0 Å². The van der Waals surface area contributed by atoms with Crippen LogP contribution in [0, 0.1) is 0 Å². The van der Waals surface area contributed by atoms with Gasteiger partial charge in [0.05, 0.1) is 11.9 Å². The molecule has 1 aromatic rings. The second-order valence-electron chi connectivity index (χ2n) is 3.24. The predicted octanol–water partition coefficient (Wildman–Crippen LogP) is 2.01. The van der Waals surface area contributed by atoms with Crippen LogP contribution in [0.2, 0.25) is 0 Å². The van der Waals surface area contributed by atoms with Crippen molar-refractivity contribution in [2.45, 2.75) is 26.8 Å². The van der Waals surface area contributed by atoms with E-state index >= 15 is 0 Å². The van der Waals surface area contributed by atoms with Gasteiger partial charge in [0, 0.05) is 19.3 Å². The van der Waals surface area contributed by atoms with Crippen molar-refractivity contribution >= 4 is 5.69 Å². The monoisotopic (exact) mass is 193 g/mol. The normalized spacial score (nSPS) is 10.1. The van der Waals surface area contributed by atoms with Crippen LogP contribution in [0.1, 0.15) is 25.8 Å². The first kappa shape index (κ1) is 11.0. The van der Waals surface area contributed by atoms with E-state index in [1.165, 1.54) is 12.0 Å². The van der Waals surface area contributed by atoms with Crippen molar-refractivity contribution in [3.05, 3.63) is 24.0 Å². The number of anilines is 1. The van der Waals surface area contributed by atoms with Crippen LogP contribution in [0.4, 0.5) is 5.69 Å². The van der Waals surface area contributed by atoms with Crippen LogP contribution in [-0.4, -0.2) is 18.1 Å². The first-order chi connectivity index (χ1) is 6.88. The van der Waals surface area contributed by atoms with Gasteiger partial charge in [-0.25, -0.2) is 0 Å². The van der Waals surface area contributed by atoms with Crippen LogP contribution in [0.3, 0.4) is 0 Å². The molecule has 0 amide bonds. The molecule has 0 bridgehead atoms. The van der Waals surface area contributed by atoms with E-state index in [2.05, 4.69) is 35.5 Å². The molecule has 0 aromatic carbocycles. The van der Waals surface area contributed by atoms with Crippen molar-refractivity contribution in [1.29, 1.82) is 0 Å². The van der Waals surface area contributed by atoms with Gasteiger partial charge < -0.3 is 10.6 Å². The number of aromatic nitrogens is 1. The average Bonchev–Trinajstić information content (AvgIpc) is 2.21. The third kappa shape index (κ3) is 3.34. The molecular formula is C11H19N3. The third-order valence-electron chi connectivity index (χ3n) is 2.02. The zero-order valence-corrected chi connectivity index (χ0v) is 9.01. The molecule has 0 radical (unpaired) electrons. The van der Waals surface area contributed by atoms with E-state index in [0.717, 1.165) is 25.3 Å². The Morgan fingerprint density at radius 2 is 2.21 bits per heavy atom. The summed E-state index contributed by atoms with van der Waals surface area (Å²) >= 11 is 0. The van der Waals surface area contributed by atoms with E-state index in [9.17, 15) is 0 Å². The molecule has 0 aliphatic rings. The summed E-state index contributed by atoms with van der Waals surface area (Å²) in [5.74, 6) is 0. The van der Waals surface area contributed by atoms with Gasteiger partial charge in [-0.15, -0.1) is 0 Å². The predicted molar refractivity (Wildman–Crippen MR) is 60.4 cm³/mol. The first-order valence-corrected chi connectivity index (χ1v) is 5.26. The Bertz CT molecular complexity index is 260. The van der Waals surface area contributed by atoms with Gasteiger partial charge in [0.15, 0.2) is 0 Å². The van der Waals surface area contributed by atoms with Gasteiger partial charge >= 0.3 is 0 Å². The summed E-state index contributed by atoms with van der Waals surface area (Å²) in [7, 11) is 0. The molecule has 0 fully saturated rings. The lowest BCUT2D eigenvalue weighted by Gasteiger charge is -2.10. The summed E-state index contributed by atoms with van der Waals surface area (Å²) in [5.41, 5.74) is 2.42. The molecule has 0 unspecified atom stereocenters. The van der Waals surface area contributed by atoms with Crippen LogP contribution in [0.5, 0.6) is 0 Å². The molecule has 1 aromatic heterocycles. The van der Waals surface area contributed by atoms with Gasteiger partial charge in [-0.05, 0) is 31.5 Å². The highest BCUT2D eigenvalue weighted by atomic mass is 14.9. The van der Waals surface area contributed by atoms with Gasteiger partial charge in [0.25, 0.3) is 0 Å². The Labute approximate surface area is 85.9 Å². The highest BCUT2D eigenvalue weighted by Gasteiger charge is 1.99. The van der Waals surface area contributed by atoms with E-state index in [1.54, 1.807) is 0 Å². The standard InChI is InChI=1S/C11H19N3/c1-3-6-12-8-10-5-7-13-9-11(10)14-4-2/h5,7,9,12,14H,3-4,6,8H2,1-2H3. The molecule has 0 aliphatic heterocycles. The van der Waals surface area contributed by atoms with Gasteiger partial charge in [-0.3, -0.25) is 4.98 Å². The summed E-state index contributed by atoms with van der Waals surface area (Å²) in [4.78, 5) is 4.10. The van der Waals surface area contributed by atoms with Crippen molar-refractivity contribution in [2.75, 3.05) is 18.4 Å². The molecule has 0 aliphatic carbocycles. The van der Waals surface area contributed by atoms with Crippen molar-refractivity contribution in [2.24, 2.45) is 0 Å². The lowest BCUT2D eigenvalue weighted by Crippen LogP contribution is -2.15. The molecule has 1 rings (SSSR count). The molecule has 0 atom stereocenters. The smallest absolute Gasteiger partial charge is 0.0572 e. The summed E-state index contributed by atoms with van der Waals surface area (Å²) in [6.45, 7) is 7.18. The van der Waals surface area contributed by atoms with E-state index in [1.807, 2.05) is 12.4 Å². The molecule has 3 heteroatoms. The molecule has 0 saturated heterocycles. The highest BCUT2D eigenvalue weighted by Crippen LogP contribution is 2.12. The van der Waals surface area contributed by atoms with E-state index in [-0.39, 0.29) is 0 Å². The van der Waals surface area contributed by atoms with Gasteiger partial charge in [-0.2, -0.15) is 0 Å². The number of pyridine rings is 1. The lowest BCUT2D eigenvalue weighted by atomic mass is 10.2. The van der Waals surface area contributed by atoms with Crippen molar-refractivity contribution in [1.82, 2.24) is 10.3 Å². The van der Waals surface area contributed by atoms with Crippen molar-refractivity contribution in [3.8, 4) is 0 Å². The summed E-state index contributed by atoms with van der Waals surface area (Å²) in [6.07, 6.45) is 4.89. The van der Waals surface area contributed by atoms with Crippen LogP contribution in [-0.2, 0) is 6.54 Å². The fourth-order valence-electron chi connectivity index (χ4n) is 1.33. The zero-order chi connectivity index (χ0) is 10.2. The Hall–Kier alpha value is -1.09. The number of hydrogen-bond acceptors (Lipinski definition) is 3. The average molecular weight is 193 g/mol. The second kappa shape index (κ2) is 6.38. The van der Waals surface area contributed by atoms with Crippen molar-refractivity contribution in [3.63, 3.8) is 0 Å². The Balaban J connectivity index is 2.55. The topological polar surface area (TPSA) is 37.0 Å². The molecule has 14 heavy (non-hydrogen) atoms. The molecule has 78 valence electrons. The number of hydrogen-bond donors (Lipinski definition) is 2. The fourth-order valence-corrected chi connectivity index (χ4v) is 1.33. The second-order valence-corrected chi connectivity index (χ2v) is 3.24. The SMILES string of the molecule is CCCNCc1ccncc1NCC. The van der Waals surface area contributed by atoms with Crippen LogP contribution < -0.4 is 10.6 Å². The Kier molecular flexibility index (Phi) is 5.00. The molecular weight excluding hydrogens is 174 g/mol. The minimum atomic E-state index is 0.915. The molecule has 0 spiro atoms. The first-order valence-electron chi connectivity index (χ1n) is 5.26. The molecule has 0 saturated carbocycles. The highest BCUT2D eigenvalue weighted by molar-refractivity contribution is 5.48. The number of nitrogens with one attached hydrogen (secondary N) is 2. The van der Waals surface area contributed by atoms with E-state index in [4.69, 9.17) is 0 Å². The fraction of sp³-hybridized carbons (Fsp3) is 0.545. The summed E-state index contributed by atoms with van der Waals surface area (Å²) in [5, 5.41) is 6.68. The van der Waals surface area contributed by atoms with E-state index < -0.39 is 0 Å². The maximum Gasteiger partial charge on any atom is 0.0572 e. The summed E-state index contributed by atoms with van der Waals surface area (Å²) < 4.78 is 0. The Morgan fingerprint density at radius 3 is 2.93 bits per heavy atom. The third-order valence-corrected chi connectivity index (χ3v) is 2.02. The van der Waals surface area contributed by atoms with E-state index in [0.29, 0.717) is 0 Å². The van der Waals surface area contributed by atoms with Crippen LogP contribution in [0.15, 0.2) is 18.5 Å². The largest absolute Gasteiger partial charge is 0.384 e. The maximum absolute atomic E-state index is 4.10. The minimum absolute atomic E-state index is 0.915. The quantitative estimate of drug-likeness (QED) is 0.679. The molecule has 3 nitrogen and oxygen atoms in total.